The van der Waals surface area contributed by atoms with E-state index in [1.807, 2.05) is 13.8 Å². The third-order valence-corrected chi connectivity index (χ3v) is 2.58. The van der Waals surface area contributed by atoms with Crippen molar-refractivity contribution in [1.29, 1.82) is 0 Å². The lowest BCUT2D eigenvalue weighted by molar-refractivity contribution is -0.133. The summed E-state index contributed by atoms with van der Waals surface area (Å²) in [5, 5.41) is 4.02. The Labute approximate surface area is 102 Å². The van der Waals surface area contributed by atoms with Gasteiger partial charge in [-0.2, -0.15) is 5.10 Å². The van der Waals surface area contributed by atoms with Crippen LogP contribution < -0.4 is 5.73 Å². The van der Waals surface area contributed by atoms with E-state index in [-0.39, 0.29) is 11.9 Å². The van der Waals surface area contributed by atoms with Gasteiger partial charge < -0.3 is 10.6 Å². The van der Waals surface area contributed by atoms with Crippen molar-refractivity contribution in [2.24, 2.45) is 12.8 Å². The average molecular weight is 236 g/mol. The molecule has 1 aromatic heterocycles. The number of aromatic nitrogens is 2. The summed E-state index contributed by atoms with van der Waals surface area (Å²) in [6, 6.07) is -0.561. The molecule has 94 valence electrons. The highest BCUT2D eigenvalue weighted by molar-refractivity contribution is 5.83. The summed E-state index contributed by atoms with van der Waals surface area (Å²) in [5.41, 5.74) is 6.67. The van der Waals surface area contributed by atoms with E-state index in [1.54, 1.807) is 35.1 Å². The first kappa shape index (κ1) is 13.4. The number of carbonyl (C=O) groups excluding carboxylic acids is 1. The number of nitrogens with zero attached hydrogens (tertiary/aromatic N) is 3. The Morgan fingerprint density at radius 3 is 2.76 bits per heavy atom. The molecule has 0 radical (unpaired) electrons. The number of nitrogens with two attached hydrogens (primary N) is 1. The topological polar surface area (TPSA) is 64.2 Å². The van der Waals surface area contributed by atoms with Gasteiger partial charge in [-0.25, -0.2) is 0 Å². The molecule has 0 spiro atoms. The second-order valence-electron chi connectivity index (χ2n) is 4.30. The zero-order valence-corrected chi connectivity index (χ0v) is 10.6. The largest absolute Gasteiger partial charge is 0.335 e. The molecule has 0 aliphatic heterocycles. The van der Waals surface area contributed by atoms with Gasteiger partial charge in [0.1, 0.15) is 6.04 Å². The second-order valence-corrected chi connectivity index (χ2v) is 4.30. The second kappa shape index (κ2) is 5.63. The molecule has 0 fully saturated rings. The lowest BCUT2D eigenvalue weighted by Crippen LogP contribution is -2.42. The van der Waals surface area contributed by atoms with Crippen LogP contribution in [-0.2, 0) is 11.8 Å². The van der Waals surface area contributed by atoms with Gasteiger partial charge in [-0.15, -0.1) is 6.58 Å². The van der Waals surface area contributed by atoms with Crippen LogP contribution in [-0.4, -0.2) is 33.2 Å². The highest BCUT2D eigenvalue weighted by Crippen LogP contribution is 2.14. The third-order valence-electron chi connectivity index (χ3n) is 2.58. The summed E-state index contributed by atoms with van der Waals surface area (Å²) in [5.74, 6) is -0.104. The van der Waals surface area contributed by atoms with Gasteiger partial charge in [-0.05, 0) is 13.8 Å². The molecule has 1 heterocycles. The maximum Gasteiger partial charge on any atom is 0.244 e. The smallest absolute Gasteiger partial charge is 0.244 e. The van der Waals surface area contributed by atoms with E-state index in [1.165, 1.54) is 0 Å². The lowest BCUT2D eigenvalue weighted by Gasteiger charge is -2.27. The van der Waals surface area contributed by atoms with Crippen molar-refractivity contribution in [3.05, 3.63) is 30.6 Å². The Morgan fingerprint density at radius 2 is 2.35 bits per heavy atom. The monoisotopic (exact) mass is 236 g/mol. The molecule has 0 saturated carbocycles. The van der Waals surface area contributed by atoms with Gasteiger partial charge in [0, 0.05) is 31.4 Å². The molecule has 0 saturated heterocycles. The van der Waals surface area contributed by atoms with Gasteiger partial charge in [-0.3, -0.25) is 9.48 Å². The van der Waals surface area contributed by atoms with Crippen LogP contribution in [0.5, 0.6) is 0 Å². The fourth-order valence-electron chi connectivity index (χ4n) is 1.62. The summed E-state index contributed by atoms with van der Waals surface area (Å²) in [6.07, 6.45) is 5.08. The number of rotatable bonds is 5. The molecule has 17 heavy (non-hydrogen) atoms. The Balaban J connectivity index is 2.83. The lowest BCUT2D eigenvalue weighted by atomic mass is 10.1. The Hall–Kier alpha value is -1.62. The van der Waals surface area contributed by atoms with Gasteiger partial charge in [-0.1, -0.05) is 6.08 Å². The van der Waals surface area contributed by atoms with E-state index in [2.05, 4.69) is 11.7 Å². The summed E-state index contributed by atoms with van der Waals surface area (Å²) in [7, 11) is 1.80. The molecule has 5 nitrogen and oxygen atoms in total. The first-order valence-corrected chi connectivity index (χ1v) is 5.62. The highest BCUT2D eigenvalue weighted by atomic mass is 16.2. The van der Waals surface area contributed by atoms with E-state index >= 15 is 0 Å². The standard InChI is InChI=1S/C12H20N4O/c1-5-6-16(9(2)3)12(17)11(13)10-7-14-15(4)8-10/h5,7-9,11H,1,6,13H2,2-4H3. The molecule has 1 aromatic rings. The molecule has 5 heteroatoms. The van der Waals surface area contributed by atoms with E-state index in [0.29, 0.717) is 6.54 Å². The van der Waals surface area contributed by atoms with Gasteiger partial charge in [0.2, 0.25) is 5.91 Å². The molecule has 2 N–H and O–H groups in total. The molecule has 0 aliphatic carbocycles. The normalized spacial score (nSPS) is 12.5. The van der Waals surface area contributed by atoms with Crippen LogP contribution in [0.3, 0.4) is 0 Å². The molecular weight excluding hydrogens is 216 g/mol. The third kappa shape index (κ3) is 3.17. The van der Waals surface area contributed by atoms with E-state index in [0.717, 1.165) is 5.56 Å². The highest BCUT2D eigenvalue weighted by Gasteiger charge is 2.24. The quantitative estimate of drug-likeness (QED) is 0.771. The molecule has 0 aliphatic rings. The Kier molecular flexibility index (Phi) is 4.45. The van der Waals surface area contributed by atoms with Crippen LogP contribution in [0.2, 0.25) is 0 Å². The summed E-state index contributed by atoms with van der Waals surface area (Å²) < 4.78 is 1.63. The number of carbonyl (C=O) groups is 1. The fourth-order valence-corrected chi connectivity index (χ4v) is 1.62. The predicted octanol–water partition coefficient (Wildman–Crippen LogP) is 0.843. The van der Waals surface area contributed by atoms with Gasteiger partial charge in [0.25, 0.3) is 0 Å². The van der Waals surface area contributed by atoms with Crippen molar-refractivity contribution >= 4 is 5.91 Å². The van der Waals surface area contributed by atoms with Crippen LogP contribution in [0.25, 0.3) is 0 Å². The molecule has 1 rings (SSSR count). The minimum Gasteiger partial charge on any atom is -0.335 e. The first-order chi connectivity index (χ1) is 7.97. The molecule has 0 bridgehead atoms. The number of hydrogen-bond donors (Lipinski definition) is 1. The van der Waals surface area contributed by atoms with Crippen LogP contribution >= 0.6 is 0 Å². The Morgan fingerprint density at radius 1 is 1.71 bits per heavy atom. The number of aryl methyl sites for hydroxylation is 1. The van der Waals surface area contributed by atoms with E-state index < -0.39 is 6.04 Å². The van der Waals surface area contributed by atoms with Crippen molar-refractivity contribution in [1.82, 2.24) is 14.7 Å². The minimum atomic E-state index is -0.661. The molecule has 0 aromatic carbocycles. The summed E-state index contributed by atoms with van der Waals surface area (Å²) in [4.78, 5) is 13.9. The van der Waals surface area contributed by atoms with Crippen molar-refractivity contribution in [2.45, 2.75) is 25.9 Å². The molecule has 1 amide bonds. The van der Waals surface area contributed by atoms with Gasteiger partial charge in [0.05, 0.1) is 6.20 Å². The molecular formula is C12H20N4O. The first-order valence-electron chi connectivity index (χ1n) is 5.62. The Bertz CT molecular complexity index is 397. The van der Waals surface area contributed by atoms with Gasteiger partial charge >= 0.3 is 0 Å². The zero-order chi connectivity index (χ0) is 13.0. The number of amides is 1. The maximum absolute atomic E-state index is 12.2. The van der Waals surface area contributed by atoms with Crippen LogP contribution in [0.1, 0.15) is 25.5 Å². The molecule has 1 unspecified atom stereocenters. The van der Waals surface area contributed by atoms with Crippen molar-refractivity contribution in [2.75, 3.05) is 6.54 Å². The minimum absolute atomic E-state index is 0.100. The summed E-state index contributed by atoms with van der Waals surface area (Å²) >= 11 is 0. The number of hydrogen-bond acceptors (Lipinski definition) is 3. The van der Waals surface area contributed by atoms with Crippen LogP contribution in [0.4, 0.5) is 0 Å². The van der Waals surface area contributed by atoms with Crippen LogP contribution in [0.15, 0.2) is 25.0 Å². The van der Waals surface area contributed by atoms with E-state index in [4.69, 9.17) is 5.73 Å². The van der Waals surface area contributed by atoms with Crippen molar-refractivity contribution in [3.8, 4) is 0 Å². The van der Waals surface area contributed by atoms with Crippen molar-refractivity contribution in [3.63, 3.8) is 0 Å². The fraction of sp³-hybridized carbons (Fsp3) is 0.500. The van der Waals surface area contributed by atoms with Gasteiger partial charge in [0.15, 0.2) is 0 Å². The SMILES string of the molecule is C=CCN(C(=O)C(N)c1cnn(C)c1)C(C)C. The van der Waals surface area contributed by atoms with Crippen LogP contribution in [0, 0.1) is 0 Å². The van der Waals surface area contributed by atoms with Crippen molar-refractivity contribution < 1.29 is 4.79 Å². The average Bonchev–Trinajstić information content (AvgIpc) is 2.70. The summed E-state index contributed by atoms with van der Waals surface area (Å²) in [6.45, 7) is 8.07. The predicted molar refractivity (Wildman–Crippen MR) is 67.2 cm³/mol. The zero-order valence-electron chi connectivity index (χ0n) is 10.6. The van der Waals surface area contributed by atoms with E-state index in [9.17, 15) is 4.79 Å². The molecule has 1 atom stereocenters. The maximum atomic E-state index is 12.2.